The van der Waals surface area contributed by atoms with Crippen LogP contribution in [-0.4, -0.2) is 21.1 Å². The molecule has 0 saturated carbocycles. The number of halogens is 1. The molecule has 2 aromatic heterocycles. The summed E-state index contributed by atoms with van der Waals surface area (Å²) in [5.74, 6) is -0.271. The summed E-state index contributed by atoms with van der Waals surface area (Å²) in [6.45, 7) is 0.445. The molecule has 2 rings (SSSR count). The van der Waals surface area contributed by atoms with Crippen molar-refractivity contribution in [2.75, 3.05) is 0 Å². The topological polar surface area (TPSA) is 67.8 Å². The first-order valence-electron chi connectivity index (χ1n) is 3.90. The van der Waals surface area contributed by atoms with E-state index in [4.69, 9.17) is 11.6 Å². The summed E-state index contributed by atoms with van der Waals surface area (Å²) in [7, 11) is 0. The van der Waals surface area contributed by atoms with E-state index in [1.54, 1.807) is 11.7 Å². The van der Waals surface area contributed by atoms with Gasteiger partial charge in [-0.05, 0) is 11.6 Å². The van der Waals surface area contributed by atoms with Crippen LogP contribution in [0.1, 0.15) is 14.7 Å². The van der Waals surface area contributed by atoms with Gasteiger partial charge in [-0.3, -0.25) is 9.78 Å². The van der Waals surface area contributed by atoms with Crippen LogP contribution in [0.4, 0.5) is 0 Å². The number of thiazole rings is 1. The molecule has 0 unspecified atom stereocenters. The van der Waals surface area contributed by atoms with Crippen LogP contribution in [0.25, 0.3) is 0 Å². The maximum Gasteiger partial charge on any atom is 0.282 e. The van der Waals surface area contributed by atoms with E-state index in [1.165, 1.54) is 11.3 Å². The number of nitrogens with one attached hydrogen (secondary N) is 1. The number of carbonyl (C=O) groups is 1. The van der Waals surface area contributed by atoms with Gasteiger partial charge in [-0.15, -0.1) is 21.5 Å². The fraction of sp³-hybridized carbons (Fsp3) is 0.143. The van der Waals surface area contributed by atoms with Gasteiger partial charge < -0.3 is 5.32 Å². The molecule has 2 heterocycles. The van der Waals surface area contributed by atoms with Crippen LogP contribution in [0.15, 0.2) is 11.7 Å². The monoisotopic (exact) mass is 260 g/mol. The lowest BCUT2D eigenvalue weighted by molar-refractivity contribution is 0.0950. The second kappa shape index (κ2) is 4.65. The molecule has 0 bridgehead atoms. The molecule has 1 N–H and O–H groups in total. The zero-order chi connectivity index (χ0) is 10.7. The van der Waals surface area contributed by atoms with E-state index < -0.39 is 0 Å². The third kappa shape index (κ3) is 2.71. The molecule has 0 aliphatic carbocycles. The zero-order valence-electron chi connectivity index (χ0n) is 7.31. The van der Waals surface area contributed by atoms with Gasteiger partial charge in [-0.2, -0.15) is 0 Å². The molecule has 15 heavy (non-hydrogen) atoms. The molecule has 0 aromatic carbocycles. The Labute approximate surface area is 98.1 Å². The summed E-state index contributed by atoms with van der Waals surface area (Å²) in [6, 6.07) is 0. The van der Waals surface area contributed by atoms with Crippen LogP contribution < -0.4 is 5.32 Å². The van der Waals surface area contributed by atoms with Gasteiger partial charge in [0.15, 0.2) is 0 Å². The molecule has 0 aliphatic rings. The highest BCUT2D eigenvalue weighted by Crippen LogP contribution is 2.14. The van der Waals surface area contributed by atoms with E-state index in [-0.39, 0.29) is 15.4 Å². The van der Waals surface area contributed by atoms with Gasteiger partial charge in [0, 0.05) is 11.1 Å². The Morgan fingerprint density at radius 3 is 3.00 bits per heavy atom. The molecule has 0 atom stereocenters. The minimum absolute atomic E-state index is 0.262. The fourth-order valence-electron chi connectivity index (χ4n) is 0.870. The molecule has 5 nitrogen and oxygen atoms in total. The molecule has 0 aliphatic heterocycles. The summed E-state index contributed by atoms with van der Waals surface area (Å²) in [6.07, 6.45) is 1.71. The number of rotatable bonds is 3. The number of aromatic nitrogens is 3. The number of hydrogen-bond donors (Lipinski definition) is 1. The molecule has 8 heteroatoms. The Morgan fingerprint density at radius 2 is 2.40 bits per heavy atom. The van der Waals surface area contributed by atoms with Gasteiger partial charge in [0.2, 0.25) is 9.47 Å². The summed E-state index contributed by atoms with van der Waals surface area (Å²) in [5.41, 5.74) is 1.71. The van der Waals surface area contributed by atoms with E-state index >= 15 is 0 Å². The zero-order valence-corrected chi connectivity index (χ0v) is 9.70. The van der Waals surface area contributed by atoms with Crippen molar-refractivity contribution in [1.82, 2.24) is 20.5 Å². The van der Waals surface area contributed by atoms with Gasteiger partial charge in [0.25, 0.3) is 5.91 Å². The average Bonchev–Trinajstić information content (AvgIpc) is 2.84. The van der Waals surface area contributed by atoms with Crippen LogP contribution in [0.2, 0.25) is 4.47 Å². The van der Waals surface area contributed by atoms with Crippen LogP contribution in [0.5, 0.6) is 0 Å². The van der Waals surface area contributed by atoms with Crippen molar-refractivity contribution in [3.63, 3.8) is 0 Å². The van der Waals surface area contributed by atoms with Crippen molar-refractivity contribution in [1.29, 1.82) is 0 Å². The lowest BCUT2D eigenvalue weighted by Gasteiger charge is -1.98. The predicted octanol–water partition coefficient (Wildman–Crippen LogP) is 1.58. The third-order valence-corrected chi connectivity index (χ3v) is 3.30. The van der Waals surface area contributed by atoms with Crippen molar-refractivity contribution in [3.8, 4) is 0 Å². The minimum Gasteiger partial charge on any atom is -0.345 e. The van der Waals surface area contributed by atoms with Gasteiger partial charge >= 0.3 is 0 Å². The summed E-state index contributed by atoms with van der Waals surface area (Å²) in [5, 5.41) is 10.1. The summed E-state index contributed by atoms with van der Waals surface area (Å²) >= 11 is 8.09. The number of amides is 1. The van der Waals surface area contributed by atoms with Crippen LogP contribution in [0, 0.1) is 0 Å². The van der Waals surface area contributed by atoms with Gasteiger partial charge in [0.05, 0.1) is 12.1 Å². The molecule has 2 aromatic rings. The van der Waals surface area contributed by atoms with E-state index in [1.807, 2.05) is 0 Å². The van der Waals surface area contributed by atoms with Crippen LogP contribution in [0.3, 0.4) is 0 Å². The number of hydrogen-bond acceptors (Lipinski definition) is 6. The summed E-state index contributed by atoms with van der Waals surface area (Å²) in [4.78, 5) is 16.4. The molecule has 0 fully saturated rings. The first-order chi connectivity index (χ1) is 7.25. The number of carbonyl (C=O) groups excluding carboxylic acids is 1. The van der Waals surface area contributed by atoms with Gasteiger partial charge in [-0.25, -0.2) is 0 Å². The van der Waals surface area contributed by atoms with Crippen molar-refractivity contribution in [2.45, 2.75) is 6.54 Å². The lowest BCUT2D eigenvalue weighted by atomic mass is 10.5. The molecule has 0 radical (unpaired) electrons. The Hall–Kier alpha value is -1.05. The average molecular weight is 261 g/mol. The Morgan fingerprint density at radius 1 is 1.53 bits per heavy atom. The molecular formula is C7H5ClN4OS2. The minimum atomic E-state index is -0.271. The lowest BCUT2D eigenvalue weighted by Crippen LogP contribution is -2.22. The maximum absolute atomic E-state index is 11.5. The standard InChI is InChI=1S/C7H5ClN4OS2/c8-7-12-11-6(15-7)5(13)10-2-4-1-9-3-14-4/h1,3H,2H2,(H,10,13). The van der Waals surface area contributed by atoms with Crippen molar-refractivity contribution >= 4 is 40.2 Å². The highest BCUT2D eigenvalue weighted by atomic mass is 35.5. The third-order valence-electron chi connectivity index (χ3n) is 1.50. The van der Waals surface area contributed by atoms with Crippen molar-refractivity contribution < 1.29 is 4.79 Å². The predicted molar refractivity (Wildman–Crippen MR) is 58.2 cm³/mol. The molecule has 0 saturated heterocycles. The molecular weight excluding hydrogens is 256 g/mol. The van der Waals surface area contributed by atoms with Gasteiger partial charge in [-0.1, -0.05) is 11.3 Å². The maximum atomic E-state index is 11.5. The quantitative estimate of drug-likeness (QED) is 0.910. The fourth-order valence-corrected chi connectivity index (χ4v) is 2.15. The highest BCUT2D eigenvalue weighted by Gasteiger charge is 2.11. The van der Waals surface area contributed by atoms with Crippen LogP contribution in [-0.2, 0) is 6.54 Å². The van der Waals surface area contributed by atoms with Gasteiger partial charge in [0.1, 0.15) is 0 Å². The van der Waals surface area contributed by atoms with E-state index in [9.17, 15) is 4.79 Å². The molecule has 78 valence electrons. The SMILES string of the molecule is O=C(NCc1cncs1)c1nnc(Cl)s1. The Bertz CT molecular complexity index is 455. The van der Waals surface area contributed by atoms with E-state index in [0.29, 0.717) is 6.54 Å². The molecule has 0 spiro atoms. The second-order valence-electron chi connectivity index (χ2n) is 2.51. The summed E-state index contributed by atoms with van der Waals surface area (Å²) < 4.78 is 0.262. The van der Waals surface area contributed by atoms with Crippen LogP contribution >= 0.6 is 34.3 Å². The first kappa shape index (κ1) is 10.5. The van der Waals surface area contributed by atoms with E-state index in [2.05, 4.69) is 20.5 Å². The van der Waals surface area contributed by atoms with Crippen molar-refractivity contribution in [3.05, 3.63) is 26.1 Å². The van der Waals surface area contributed by atoms with Crippen molar-refractivity contribution in [2.24, 2.45) is 0 Å². The highest BCUT2D eigenvalue weighted by molar-refractivity contribution is 7.17. The smallest absolute Gasteiger partial charge is 0.282 e. The Balaban J connectivity index is 1.93. The Kier molecular flexibility index (Phi) is 3.24. The number of nitrogens with zero attached hydrogens (tertiary/aromatic N) is 3. The van der Waals surface area contributed by atoms with E-state index in [0.717, 1.165) is 16.2 Å². The normalized spacial score (nSPS) is 10.2. The second-order valence-corrected chi connectivity index (χ2v) is 5.04. The largest absolute Gasteiger partial charge is 0.345 e. The molecule has 1 amide bonds. The first-order valence-corrected chi connectivity index (χ1v) is 5.97.